The number of benzene rings is 1. The molecule has 0 radical (unpaired) electrons. The Hall–Kier alpha value is -1.85. The molecule has 0 amide bonds. The number of aromatic nitrogens is 2. The molecule has 6 heteroatoms. The monoisotopic (exact) mass is 281 g/mol. The summed E-state index contributed by atoms with van der Waals surface area (Å²) in [5.41, 5.74) is 7.91. The highest BCUT2D eigenvalue weighted by Crippen LogP contribution is 2.10. The number of nitrogens with zero attached hydrogens (tertiary/aromatic N) is 2. The van der Waals surface area contributed by atoms with Crippen LogP contribution in [0.15, 0.2) is 36.7 Å². The first-order valence-electron chi connectivity index (χ1n) is 5.75. The molecule has 0 aliphatic rings. The Morgan fingerprint density at radius 3 is 2.63 bits per heavy atom. The van der Waals surface area contributed by atoms with Gasteiger partial charge in [-0.3, -0.25) is 0 Å². The van der Waals surface area contributed by atoms with Gasteiger partial charge in [0.1, 0.15) is 0 Å². The largest absolute Gasteiger partial charge is 0.462 e. The molecule has 102 valence electrons. The van der Waals surface area contributed by atoms with E-state index in [1.807, 2.05) is 24.3 Å². The zero-order valence-corrected chi connectivity index (χ0v) is 11.4. The molecular formula is C13H16ClN3O2. The predicted molar refractivity (Wildman–Crippen MR) is 74.7 cm³/mol. The molecule has 2 aromatic rings. The van der Waals surface area contributed by atoms with Crippen LogP contribution in [0.2, 0.25) is 0 Å². The number of carbonyl (C=O) groups excluding carboxylic acids is 1. The highest BCUT2D eigenvalue weighted by Gasteiger charge is 2.09. The van der Waals surface area contributed by atoms with Gasteiger partial charge in [0.25, 0.3) is 0 Å². The van der Waals surface area contributed by atoms with Gasteiger partial charge in [0, 0.05) is 12.7 Å². The van der Waals surface area contributed by atoms with Crippen LogP contribution >= 0.6 is 12.4 Å². The van der Waals surface area contributed by atoms with Crippen LogP contribution in [0.4, 0.5) is 0 Å². The molecule has 2 N–H and O–H groups in total. The Labute approximate surface area is 117 Å². The Morgan fingerprint density at radius 1 is 1.37 bits per heavy atom. The topological polar surface area (TPSA) is 70.1 Å². The molecule has 1 aromatic carbocycles. The predicted octanol–water partition coefficient (Wildman–Crippen LogP) is 1.93. The highest BCUT2D eigenvalue weighted by atomic mass is 35.5. The number of hydrogen-bond donors (Lipinski definition) is 1. The summed E-state index contributed by atoms with van der Waals surface area (Å²) in [5.74, 6) is -0.359. The third-order valence-electron chi connectivity index (χ3n) is 2.53. The van der Waals surface area contributed by atoms with Crippen molar-refractivity contribution in [3.05, 3.63) is 47.8 Å². The molecular weight excluding hydrogens is 266 g/mol. The average molecular weight is 282 g/mol. The normalized spacial score (nSPS) is 9.79. The van der Waals surface area contributed by atoms with Crippen LogP contribution in [0.3, 0.4) is 0 Å². The van der Waals surface area contributed by atoms with Gasteiger partial charge in [0.15, 0.2) is 0 Å². The summed E-state index contributed by atoms with van der Waals surface area (Å²) >= 11 is 0. The van der Waals surface area contributed by atoms with Crippen molar-refractivity contribution in [2.75, 3.05) is 6.61 Å². The van der Waals surface area contributed by atoms with E-state index in [1.165, 1.54) is 6.20 Å². The minimum atomic E-state index is -0.359. The Kier molecular flexibility index (Phi) is 5.54. The molecule has 1 aromatic heterocycles. The number of halogens is 1. The summed E-state index contributed by atoms with van der Waals surface area (Å²) < 4.78 is 6.54. The lowest BCUT2D eigenvalue weighted by Crippen LogP contribution is -2.03. The molecule has 1 heterocycles. The van der Waals surface area contributed by atoms with Gasteiger partial charge in [0.05, 0.1) is 24.1 Å². The number of carbonyl (C=O) groups is 1. The van der Waals surface area contributed by atoms with Gasteiger partial charge in [-0.15, -0.1) is 12.4 Å². The molecule has 0 unspecified atom stereocenters. The molecule has 0 saturated carbocycles. The van der Waals surface area contributed by atoms with E-state index >= 15 is 0 Å². The van der Waals surface area contributed by atoms with E-state index < -0.39 is 0 Å². The molecule has 19 heavy (non-hydrogen) atoms. The first-order valence-corrected chi connectivity index (χ1v) is 5.75. The lowest BCUT2D eigenvalue weighted by molar-refractivity contribution is 0.0526. The highest BCUT2D eigenvalue weighted by molar-refractivity contribution is 5.88. The minimum absolute atomic E-state index is 0. The molecule has 2 rings (SSSR count). The number of ether oxygens (including phenoxy) is 1. The first kappa shape index (κ1) is 15.2. The van der Waals surface area contributed by atoms with Crippen molar-refractivity contribution in [3.63, 3.8) is 0 Å². The molecule has 0 atom stereocenters. The Balaban J connectivity index is 0.00000180. The molecule has 5 nitrogen and oxygen atoms in total. The summed E-state index contributed by atoms with van der Waals surface area (Å²) in [5, 5.41) is 4.13. The fraction of sp³-hybridized carbons (Fsp3) is 0.231. The van der Waals surface area contributed by atoms with Gasteiger partial charge in [-0.25, -0.2) is 9.48 Å². The van der Waals surface area contributed by atoms with Crippen molar-refractivity contribution < 1.29 is 9.53 Å². The molecule has 0 spiro atoms. The van der Waals surface area contributed by atoms with Crippen LogP contribution in [0.5, 0.6) is 0 Å². The van der Waals surface area contributed by atoms with Crippen LogP contribution in [0.1, 0.15) is 22.8 Å². The molecule has 0 aliphatic carbocycles. The molecule has 0 bridgehead atoms. The van der Waals surface area contributed by atoms with Crippen LogP contribution in [-0.4, -0.2) is 22.4 Å². The number of rotatable bonds is 4. The van der Waals surface area contributed by atoms with E-state index in [9.17, 15) is 4.79 Å². The maximum absolute atomic E-state index is 11.5. The quantitative estimate of drug-likeness (QED) is 0.870. The van der Waals surface area contributed by atoms with E-state index in [4.69, 9.17) is 10.5 Å². The van der Waals surface area contributed by atoms with Gasteiger partial charge < -0.3 is 10.5 Å². The van der Waals surface area contributed by atoms with Gasteiger partial charge >= 0.3 is 5.97 Å². The third kappa shape index (κ3) is 3.56. The number of nitrogens with two attached hydrogens (primary N) is 1. The van der Waals surface area contributed by atoms with Crippen molar-refractivity contribution in [2.24, 2.45) is 5.73 Å². The summed E-state index contributed by atoms with van der Waals surface area (Å²) in [6.07, 6.45) is 3.14. The minimum Gasteiger partial charge on any atom is -0.462 e. The summed E-state index contributed by atoms with van der Waals surface area (Å²) in [6, 6.07) is 7.68. The third-order valence-corrected chi connectivity index (χ3v) is 2.53. The number of hydrogen-bond acceptors (Lipinski definition) is 4. The van der Waals surface area contributed by atoms with E-state index in [1.54, 1.807) is 17.8 Å². The van der Waals surface area contributed by atoms with Crippen molar-refractivity contribution in [1.29, 1.82) is 0 Å². The van der Waals surface area contributed by atoms with Crippen molar-refractivity contribution in [1.82, 2.24) is 9.78 Å². The first-order chi connectivity index (χ1) is 8.74. The van der Waals surface area contributed by atoms with Gasteiger partial charge in [-0.2, -0.15) is 5.10 Å². The smallest absolute Gasteiger partial charge is 0.341 e. The fourth-order valence-electron chi connectivity index (χ4n) is 1.57. The van der Waals surface area contributed by atoms with Crippen molar-refractivity contribution in [2.45, 2.75) is 13.5 Å². The fourth-order valence-corrected chi connectivity index (χ4v) is 1.57. The maximum Gasteiger partial charge on any atom is 0.341 e. The maximum atomic E-state index is 11.5. The van der Waals surface area contributed by atoms with E-state index in [-0.39, 0.29) is 18.4 Å². The summed E-state index contributed by atoms with van der Waals surface area (Å²) in [7, 11) is 0. The van der Waals surface area contributed by atoms with Gasteiger partial charge in [-0.1, -0.05) is 12.1 Å². The molecule has 0 fully saturated rings. The van der Waals surface area contributed by atoms with Crippen LogP contribution in [0, 0.1) is 0 Å². The second-order valence-electron chi connectivity index (χ2n) is 3.76. The second kappa shape index (κ2) is 6.92. The summed E-state index contributed by atoms with van der Waals surface area (Å²) in [6.45, 7) is 2.64. The molecule has 0 saturated heterocycles. The average Bonchev–Trinajstić information content (AvgIpc) is 2.89. The van der Waals surface area contributed by atoms with Gasteiger partial charge in [0.2, 0.25) is 0 Å². The van der Waals surface area contributed by atoms with E-state index in [0.29, 0.717) is 18.7 Å². The lowest BCUT2D eigenvalue weighted by Gasteiger charge is -2.02. The van der Waals surface area contributed by atoms with E-state index in [0.717, 1.165) is 11.3 Å². The zero-order valence-electron chi connectivity index (χ0n) is 10.6. The van der Waals surface area contributed by atoms with Crippen LogP contribution < -0.4 is 5.73 Å². The van der Waals surface area contributed by atoms with Crippen LogP contribution in [-0.2, 0) is 11.3 Å². The van der Waals surface area contributed by atoms with Crippen molar-refractivity contribution in [3.8, 4) is 5.69 Å². The second-order valence-corrected chi connectivity index (χ2v) is 3.76. The van der Waals surface area contributed by atoms with E-state index in [2.05, 4.69) is 5.10 Å². The zero-order chi connectivity index (χ0) is 13.0. The van der Waals surface area contributed by atoms with Crippen molar-refractivity contribution >= 4 is 18.4 Å². The molecule has 0 aliphatic heterocycles. The number of esters is 1. The van der Waals surface area contributed by atoms with Gasteiger partial charge in [-0.05, 0) is 24.6 Å². The Bertz CT molecular complexity index is 537. The standard InChI is InChI=1S/C13H15N3O2.ClH/c1-2-18-13(17)11-8-15-16(9-11)12-5-3-10(7-14)4-6-12;/h3-6,8-9H,2,7,14H2,1H3;1H. The van der Waals surface area contributed by atoms with Crippen LogP contribution in [0.25, 0.3) is 5.69 Å². The Morgan fingerprint density at radius 2 is 2.05 bits per heavy atom. The SMILES string of the molecule is CCOC(=O)c1cnn(-c2ccc(CN)cc2)c1.Cl. The summed E-state index contributed by atoms with van der Waals surface area (Å²) in [4.78, 5) is 11.5. The lowest BCUT2D eigenvalue weighted by atomic mass is 10.2.